The molecule has 3 rings (SSSR count). The highest BCUT2D eigenvalue weighted by atomic mass is 32.2. The van der Waals surface area contributed by atoms with Crippen molar-refractivity contribution < 1.29 is 5.11 Å². The molecule has 1 aliphatic carbocycles. The molecule has 0 saturated heterocycles. The van der Waals surface area contributed by atoms with E-state index in [0.29, 0.717) is 5.92 Å². The topological polar surface area (TPSA) is 20.2 Å². The molecule has 0 heterocycles. The van der Waals surface area contributed by atoms with E-state index in [1.54, 1.807) is 0 Å². The first-order chi connectivity index (χ1) is 10.2. The molecule has 1 aliphatic rings. The summed E-state index contributed by atoms with van der Waals surface area (Å²) in [6.07, 6.45) is 3.13. The van der Waals surface area contributed by atoms with Gasteiger partial charge >= 0.3 is 0 Å². The molecule has 2 aromatic rings. The quantitative estimate of drug-likeness (QED) is 0.844. The van der Waals surface area contributed by atoms with Crippen molar-refractivity contribution in [2.24, 2.45) is 5.92 Å². The fourth-order valence-corrected chi connectivity index (χ4v) is 4.56. The number of benzene rings is 2. The Kier molecular flexibility index (Phi) is 4.37. The van der Waals surface area contributed by atoms with E-state index in [9.17, 15) is 5.11 Å². The zero-order valence-corrected chi connectivity index (χ0v) is 13.2. The second-order valence-corrected chi connectivity index (χ2v) is 7.41. The zero-order chi connectivity index (χ0) is 14.7. The van der Waals surface area contributed by atoms with Gasteiger partial charge < -0.3 is 5.11 Å². The molecule has 1 saturated carbocycles. The monoisotopic (exact) mass is 298 g/mol. The van der Waals surface area contributed by atoms with Gasteiger partial charge in [0, 0.05) is 9.64 Å². The number of aliphatic hydroxyl groups excluding tert-OH is 1. The third-order valence-corrected chi connectivity index (χ3v) is 6.21. The number of hydrogen-bond acceptors (Lipinski definition) is 2. The zero-order valence-electron chi connectivity index (χ0n) is 12.4. The van der Waals surface area contributed by atoms with Crippen LogP contribution >= 0.6 is 11.8 Å². The van der Waals surface area contributed by atoms with Crippen molar-refractivity contribution in [1.82, 2.24) is 0 Å². The van der Waals surface area contributed by atoms with Crippen molar-refractivity contribution in [3.63, 3.8) is 0 Å². The Hall–Kier alpha value is -1.25. The highest BCUT2D eigenvalue weighted by Crippen LogP contribution is 2.60. The van der Waals surface area contributed by atoms with Gasteiger partial charge in [-0.25, -0.2) is 0 Å². The molecule has 21 heavy (non-hydrogen) atoms. The number of rotatable bonds is 6. The maximum Gasteiger partial charge on any atom is 0.0665 e. The van der Waals surface area contributed by atoms with E-state index in [4.69, 9.17) is 0 Å². The summed E-state index contributed by atoms with van der Waals surface area (Å²) in [4.78, 5) is 1.26. The van der Waals surface area contributed by atoms with Crippen LogP contribution in [-0.4, -0.2) is 16.0 Å². The van der Waals surface area contributed by atoms with Gasteiger partial charge in [-0.05, 0) is 49.8 Å². The van der Waals surface area contributed by atoms with E-state index in [1.807, 2.05) is 24.8 Å². The van der Waals surface area contributed by atoms with Crippen molar-refractivity contribution in [2.45, 2.75) is 41.9 Å². The lowest BCUT2D eigenvalue weighted by atomic mass is 10.1. The number of thioether (sulfide) groups is 1. The van der Waals surface area contributed by atoms with E-state index in [2.05, 4.69) is 54.6 Å². The normalized spacial score (nSPS) is 25.5. The summed E-state index contributed by atoms with van der Waals surface area (Å²) < 4.78 is 0.0239. The molecule has 0 aromatic heterocycles. The second kappa shape index (κ2) is 6.25. The molecule has 1 N–H and O–H groups in total. The van der Waals surface area contributed by atoms with Crippen molar-refractivity contribution >= 4 is 11.8 Å². The fraction of sp³-hybridized carbons (Fsp3) is 0.368. The van der Waals surface area contributed by atoms with Crippen LogP contribution in [0.15, 0.2) is 65.6 Å². The van der Waals surface area contributed by atoms with E-state index in [-0.39, 0.29) is 10.9 Å². The van der Waals surface area contributed by atoms with Gasteiger partial charge in [-0.1, -0.05) is 48.5 Å². The molecule has 3 atom stereocenters. The first-order valence-corrected chi connectivity index (χ1v) is 8.48. The highest BCUT2D eigenvalue weighted by molar-refractivity contribution is 8.01. The van der Waals surface area contributed by atoms with Crippen LogP contribution in [0.2, 0.25) is 0 Å². The number of aryl methyl sites for hydroxylation is 1. The van der Waals surface area contributed by atoms with Crippen LogP contribution in [0.1, 0.15) is 25.3 Å². The molecular formula is C19H22OS. The van der Waals surface area contributed by atoms with Gasteiger partial charge in [-0.15, -0.1) is 11.8 Å². The molecule has 2 heteroatoms. The molecule has 0 spiro atoms. The molecule has 2 aromatic carbocycles. The Labute approximate surface area is 131 Å². The van der Waals surface area contributed by atoms with Gasteiger partial charge in [0.1, 0.15) is 0 Å². The SMILES string of the molecule is C[C@H](O)[C@@]1(Sc2ccccc2)C[C@@H]1CCc1ccccc1. The molecule has 0 radical (unpaired) electrons. The lowest BCUT2D eigenvalue weighted by molar-refractivity contribution is 0.177. The van der Waals surface area contributed by atoms with Crippen LogP contribution in [-0.2, 0) is 6.42 Å². The highest BCUT2D eigenvalue weighted by Gasteiger charge is 2.57. The first kappa shape index (κ1) is 14.7. The second-order valence-electron chi connectivity index (χ2n) is 5.97. The van der Waals surface area contributed by atoms with Crippen LogP contribution in [0.5, 0.6) is 0 Å². The lowest BCUT2D eigenvalue weighted by Crippen LogP contribution is -2.24. The van der Waals surface area contributed by atoms with E-state index in [1.165, 1.54) is 10.5 Å². The lowest BCUT2D eigenvalue weighted by Gasteiger charge is -2.20. The standard InChI is InChI=1S/C19H22OS/c1-15(20)19(21-18-10-6-3-7-11-18)14-17(19)13-12-16-8-4-2-5-9-16/h2-11,15,17,20H,12-14H2,1H3/t15-,17-,19-/m0/s1. The van der Waals surface area contributed by atoms with Crippen LogP contribution in [0, 0.1) is 5.92 Å². The largest absolute Gasteiger partial charge is 0.392 e. The Bertz CT molecular complexity index is 567. The van der Waals surface area contributed by atoms with E-state index >= 15 is 0 Å². The third-order valence-electron chi connectivity index (χ3n) is 4.48. The van der Waals surface area contributed by atoms with Crippen molar-refractivity contribution in [3.05, 3.63) is 66.2 Å². The molecule has 0 bridgehead atoms. The summed E-state index contributed by atoms with van der Waals surface area (Å²) in [5.41, 5.74) is 1.40. The van der Waals surface area contributed by atoms with Gasteiger partial charge in [0.15, 0.2) is 0 Å². The number of aliphatic hydroxyl groups is 1. The molecule has 1 fully saturated rings. The minimum absolute atomic E-state index is 0.0239. The summed E-state index contributed by atoms with van der Waals surface area (Å²) >= 11 is 1.86. The van der Waals surface area contributed by atoms with E-state index in [0.717, 1.165) is 19.3 Å². The summed E-state index contributed by atoms with van der Waals surface area (Å²) in [5, 5.41) is 10.3. The van der Waals surface area contributed by atoms with Crippen molar-refractivity contribution in [2.75, 3.05) is 0 Å². The Balaban J connectivity index is 1.63. The van der Waals surface area contributed by atoms with Gasteiger partial charge in [0.05, 0.1) is 6.10 Å². The Morgan fingerprint density at radius 2 is 1.71 bits per heavy atom. The van der Waals surface area contributed by atoms with Gasteiger partial charge in [0.2, 0.25) is 0 Å². The molecule has 0 unspecified atom stereocenters. The smallest absolute Gasteiger partial charge is 0.0665 e. The van der Waals surface area contributed by atoms with E-state index < -0.39 is 0 Å². The third kappa shape index (κ3) is 3.33. The van der Waals surface area contributed by atoms with Crippen LogP contribution in [0.3, 0.4) is 0 Å². The predicted molar refractivity (Wildman–Crippen MR) is 89.6 cm³/mol. The van der Waals surface area contributed by atoms with Crippen LogP contribution in [0.4, 0.5) is 0 Å². The summed E-state index contributed by atoms with van der Waals surface area (Å²) in [6, 6.07) is 21.1. The summed E-state index contributed by atoms with van der Waals surface area (Å²) in [7, 11) is 0. The van der Waals surface area contributed by atoms with Crippen LogP contribution in [0.25, 0.3) is 0 Å². The number of hydrogen-bond donors (Lipinski definition) is 1. The summed E-state index contributed by atoms with van der Waals surface area (Å²) in [6.45, 7) is 1.94. The predicted octanol–water partition coefficient (Wildman–Crippen LogP) is 4.55. The molecule has 0 aliphatic heterocycles. The van der Waals surface area contributed by atoms with Gasteiger partial charge in [-0.3, -0.25) is 0 Å². The average Bonchev–Trinajstić information content (AvgIpc) is 3.22. The summed E-state index contributed by atoms with van der Waals surface area (Å²) in [5.74, 6) is 0.614. The minimum atomic E-state index is -0.261. The average molecular weight is 298 g/mol. The Morgan fingerprint density at radius 3 is 2.33 bits per heavy atom. The van der Waals surface area contributed by atoms with Gasteiger partial charge in [-0.2, -0.15) is 0 Å². The first-order valence-electron chi connectivity index (χ1n) is 7.67. The molecule has 1 nitrogen and oxygen atoms in total. The minimum Gasteiger partial charge on any atom is -0.392 e. The van der Waals surface area contributed by atoms with Crippen LogP contribution < -0.4 is 0 Å². The molecule has 0 amide bonds. The van der Waals surface area contributed by atoms with Gasteiger partial charge in [0.25, 0.3) is 0 Å². The fourth-order valence-electron chi connectivity index (χ4n) is 3.09. The van der Waals surface area contributed by atoms with Crippen molar-refractivity contribution in [1.29, 1.82) is 0 Å². The molecule has 110 valence electrons. The Morgan fingerprint density at radius 1 is 1.10 bits per heavy atom. The maximum absolute atomic E-state index is 10.3. The molecular weight excluding hydrogens is 276 g/mol. The van der Waals surface area contributed by atoms with Crippen molar-refractivity contribution in [3.8, 4) is 0 Å². The maximum atomic E-state index is 10.3.